The lowest BCUT2D eigenvalue weighted by molar-refractivity contribution is 1.46. The number of hydrogen-bond donors (Lipinski definition) is 0. The third kappa shape index (κ3) is 1.90. The Labute approximate surface area is 72.0 Å². The Morgan fingerprint density at radius 1 is 1.30 bits per heavy atom. The summed E-state index contributed by atoms with van der Waals surface area (Å²) in [5.74, 6) is 0. The quantitative estimate of drug-likeness (QED) is 0.528. The SMILES string of the molecule is CI=Cc1ccccc1C. The van der Waals surface area contributed by atoms with Gasteiger partial charge in [0.05, 0.1) is 0 Å². The fraction of sp³-hybridized carbons (Fsp3) is 0.222. The number of aryl methyl sites for hydroxylation is 1. The van der Waals surface area contributed by atoms with Crippen molar-refractivity contribution in [3.05, 3.63) is 35.4 Å². The van der Waals surface area contributed by atoms with E-state index in [1.807, 2.05) is 0 Å². The summed E-state index contributed by atoms with van der Waals surface area (Å²) < 4.78 is 2.36. The van der Waals surface area contributed by atoms with E-state index in [-0.39, 0.29) is 20.7 Å². The van der Waals surface area contributed by atoms with E-state index >= 15 is 0 Å². The van der Waals surface area contributed by atoms with E-state index in [1.54, 1.807) is 0 Å². The molecule has 0 aliphatic rings. The summed E-state index contributed by atoms with van der Waals surface area (Å²) in [7, 11) is 0. The highest BCUT2D eigenvalue weighted by Crippen LogP contribution is 2.05. The zero-order valence-corrected chi connectivity index (χ0v) is 8.42. The molecule has 1 aromatic rings. The summed E-state index contributed by atoms with van der Waals surface area (Å²) in [6, 6.07) is 8.52. The summed E-state index contributed by atoms with van der Waals surface area (Å²) in [4.78, 5) is 2.27. The van der Waals surface area contributed by atoms with Gasteiger partial charge in [0.1, 0.15) is 0 Å². The molecule has 0 unspecified atom stereocenters. The average Bonchev–Trinajstić information content (AvgIpc) is 1.94. The maximum Gasteiger partial charge on any atom is -0.0169 e. The fourth-order valence-corrected chi connectivity index (χ4v) is 2.20. The van der Waals surface area contributed by atoms with Crippen LogP contribution in [-0.2, 0) is 0 Å². The molecule has 0 spiro atoms. The van der Waals surface area contributed by atoms with Gasteiger partial charge in [-0.3, -0.25) is 0 Å². The first-order valence-corrected chi connectivity index (χ1v) is 6.62. The van der Waals surface area contributed by atoms with E-state index in [9.17, 15) is 0 Å². The standard InChI is InChI=1S/C9H11I/c1-8-5-3-4-6-9(8)7-10-2/h3-7H,1-2H3. The number of halogens is 1. The van der Waals surface area contributed by atoms with Crippen molar-refractivity contribution >= 4 is 24.7 Å². The molecule has 0 nitrogen and oxygen atoms in total. The Kier molecular flexibility index (Phi) is 3.06. The summed E-state index contributed by atoms with van der Waals surface area (Å²) >= 11 is 0.287. The maximum absolute atomic E-state index is 2.36. The van der Waals surface area contributed by atoms with E-state index in [4.69, 9.17) is 0 Å². The molecule has 0 N–H and O–H groups in total. The van der Waals surface area contributed by atoms with Crippen molar-refractivity contribution in [2.75, 3.05) is 4.93 Å². The summed E-state index contributed by atoms with van der Waals surface area (Å²) in [5.41, 5.74) is 2.81. The van der Waals surface area contributed by atoms with Crippen LogP contribution in [0.25, 0.3) is 0 Å². The van der Waals surface area contributed by atoms with E-state index in [1.165, 1.54) is 11.1 Å². The third-order valence-corrected chi connectivity index (χ3v) is 2.71. The highest BCUT2D eigenvalue weighted by Gasteiger charge is 1.88. The summed E-state index contributed by atoms with van der Waals surface area (Å²) in [5, 5.41) is 0. The van der Waals surface area contributed by atoms with Crippen LogP contribution in [0, 0.1) is 6.92 Å². The predicted molar refractivity (Wildman–Crippen MR) is 56.3 cm³/mol. The first-order valence-electron chi connectivity index (χ1n) is 3.21. The molecule has 0 saturated carbocycles. The Morgan fingerprint density at radius 3 is 2.60 bits per heavy atom. The van der Waals surface area contributed by atoms with Crippen molar-refractivity contribution < 1.29 is 0 Å². The molecule has 0 aliphatic carbocycles. The van der Waals surface area contributed by atoms with Crippen LogP contribution in [0.1, 0.15) is 11.1 Å². The highest BCUT2D eigenvalue weighted by molar-refractivity contribution is 14.2. The van der Waals surface area contributed by atoms with Gasteiger partial charge in [-0.05, 0) is 27.0 Å². The van der Waals surface area contributed by atoms with Gasteiger partial charge < -0.3 is 0 Å². The molecule has 0 aromatic heterocycles. The lowest BCUT2D eigenvalue weighted by Gasteiger charge is -1.95. The van der Waals surface area contributed by atoms with Crippen molar-refractivity contribution in [3.8, 4) is 0 Å². The molecule has 1 aromatic carbocycles. The van der Waals surface area contributed by atoms with Crippen molar-refractivity contribution in [1.82, 2.24) is 0 Å². The second-order valence-electron chi connectivity index (χ2n) is 2.18. The normalized spacial score (nSPS) is 11.4. The molecule has 0 radical (unpaired) electrons. The molecule has 0 bridgehead atoms. The van der Waals surface area contributed by atoms with Gasteiger partial charge in [-0.1, -0.05) is 24.3 Å². The molecule has 0 atom stereocenters. The minimum atomic E-state index is 0.287. The largest absolute Gasteiger partial charge is 0.126 e. The summed E-state index contributed by atoms with van der Waals surface area (Å²) in [6.45, 7) is 2.16. The monoisotopic (exact) mass is 246 g/mol. The van der Waals surface area contributed by atoms with Gasteiger partial charge in [0.25, 0.3) is 0 Å². The second-order valence-corrected chi connectivity index (χ2v) is 4.05. The summed E-state index contributed by atoms with van der Waals surface area (Å²) in [6.07, 6.45) is 0. The molecule has 54 valence electrons. The molecule has 0 aliphatic heterocycles. The Bertz CT molecular complexity index is 238. The van der Waals surface area contributed by atoms with Gasteiger partial charge in [0.2, 0.25) is 0 Å². The van der Waals surface area contributed by atoms with Crippen molar-refractivity contribution in [3.63, 3.8) is 0 Å². The molecular weight excluding hydrogens is 235 g/mol. The Balaban J connectivity index is 3.03. The first kappa shape index (κ1) is 7.92. The van der Waals surface area contributed by atoms with Crippen LogP contribution in [0.5, 0.6) is 0 Å². The van der Waals surface area contributed by atoms with Crippen LogP contribution in [0.3, 0.4) is 0 Å². The van der Waals surface area contributed by atoms with Gasteiger partial charge in [0.15, 0.2) is 0 Å². The van der Waals surface area contributed by atoms with E-state index in [2.05, 4.69) is 40.1 Å². The lowest BCUT2D eigenvalue weighted by Crippen LogP contribution is -1.81. The number of alkyl halides is 1. The predicted octanol–water partition coefficient (Wildman–Crippen LogP) is 2.75. The van der Waals surface area contributed by atoms with Gasteiger partial charge in [0, 0.05) is 0 Å². The average molecular weight is 246 g/mol. The van der Waals surface area contributed by atoms with E-state index in [0.717, 1.165) is 0 Å². The highest BCUT2D eigenvalue weighted by atomic mass is 127. The molecule has 1 heteroatoms. The van der Waals surface area contributed by atoms with Crippen molar-refractivity contribution in [1.29, 1.82) is 0 Å². The van der Waals surface area contributed by atoms with E-state index in [0.29, 0.717) is 0 Å². The van der Waals surface area contributed by atoms with Crippen molar-refractivity contribution in [2.24, 2.45) is 0 Å². The van der Waals surface area contributed by atoms with Crippen molar-refractivity contribution in [2.45, 2.75) is 6.92 Å². The zero-order chi connectivity index (χ0) is 7.40. The molecule has 0 fully saturated rings. The van der Waals surface area contributed by atoms with Crippen LogP contribution >= 0.6 is 20.7 Å². The van der Waals surface area contributed by atoms with Crippen LogP contribution < -0.4 is 0 Å². The van der Waals surface area contributed by atoms with Gasteiger partial charge >= 0.3 is 0 Å². The zero-order valence-electron chi connectivity index (χ0n) is 6.26. The molecule has 1 rings (SSSR count). The Morgan fingerprint density at radius 2 is 2.00 bits per heavy atom. The minimum absolute atomic E-state index is 0.287. The topological polar surface area (TPSA) is 0 Å². The van der Waals surface area contributed by atoms with E-state index < -0.39 is 0 Å². The lowest BCUT2D eigenvalue weighted by atomic mass is 10.1. The first-order chi connectivity index (χ1) is 4.84. The molecule has 0 amide bonds. The molecule has 0 heterocycles. The van der Waals surface area contributed by atoms with Gasteiger partial charge in [-0.2, -0.15) is 0 Å². The number of rotatable bonds is 1. The molecule has 0 saturated heterocycles. The van der Waals surface area contributed by atoms with Crippen LogP contribution in [-0.4, -0.2) is 8.94 Å². The van der Waals surface area contributed by atoms with Crippen LogP contribution in [0.4, 0.5) is 0 Å². The fourth-order valence-electron chi connectivity index (χ4n) is 0.827. The smallest absolute Gasteiger partial charge is 0.0169 e. The van der Waals surface area contributed by atoms with Gasteiger partial charge in [-0.15, -0.1) is 20.7 Å². The molecular formula is C9H11I. The number of benzene rings is 1. The Hall–Kier alpha value is -0.180. The van der Waals surface area contributed by atoms with Gasteiger partial charge in [-0.25, -0.2) is 0 Å². The second kappa shape index (κ2) is 3.86. The van der Waals surface area contributed by atoms with Crippen LogP contribution in [0.2, 0.25) is 0 Å². The third-order valence-electron chi connectivity index (χ3n) is 1.42. The number of hydrogen-bond acceptors (Lipinski definition) is 0. The molecule has 10 heavy (non-hydrogen) atoms. The van der Waals surface area contributed by atoms with Crippen LogP contribution in [0.15, 0.2) is 24.3 Å². The minimum Gasteiger partial charge on any atom is -0.126 e. The maximum atomic E-state index is 2.36.